The van der Waals surface area contributed by atoms with E-state index in [1.54, 1.807) is 0 Å². The Morgan fingerprint density at radius 1 is 0.889 bits per heavy atom. The number of hydrogen-bond donors (Lipinski definition) is 1. The lowest BCUT2D eigenvalue weighted by Gasteiger charge is -2.06. The molecule has 0 radical (unpaired) electrons. The minimum absolute atomic E-state index is 0.853. The number of benzene rings is 2. The first-order chi connectivity index (χ1) is 8.84. The van der Waals surface area contributed by atoms with E-state index >= 15 is 0 Å². The van der Waals surface area contributed by atoms with Gasteiger partial charge >= 0.3 is 0 Å². The zero-order chi connectivity index (χ0) is 12.4. The molecular weight excluding hydrogens is 220 g/mol. The Bertz CT molecular complexity index is 653. The van der Waals surface area contributed by atoms with E-state index < -0.39 is 0 Å². The zero-order valence-corrected chi connectivity index (χ0v) is 10.2. The Kier molecular flexibility index (Phi) is 2.77. The minimum atomic E-state index is 0.853. The van der Waals surface area contributed by atoms with Crippen molar-refractivity contribution in [2.24, 2.45) is 0 Å². The summed E-state index contributed by atoms with van der Waals surface area (Å²) in [6.45, 7) is 0.983. The maximum Gasteiger partial charge on any atom is 0.0501 e. The van der Waals surface area contributed by atoms with Crippen LogP contribution in [0.3, 0.4) is 0 Å². The van der Waals surface area contributed by atoms with Gasteiger partial charge in [0, 0.05) is 23.8 Å². The lowest BCUT2D eigenvalue weighted by atomic mass is 10.1. The molecular formula is C16H16N2. The predicted octanol–water partition coefficient (Wildman–Crippen LogP) is 3.47. The highest BCUT2D eigenvalue weighted by Crippen LogP contribution is 2.22. The van der Waals surface area contributed by atoms with Crippen molar-refractivity contribution in [3.05, 3.63) is 66.4 Å². The van der Waals surface area contributed by atoms with Crippen LogP contribution in [0.4, 0.5) is 5.69 Å². The van der Waals surface area contributed by atoms with Crippen molar-refractivity contribution in [1.29, 1.82) is 0 Å². The van der Waals surface area contributed by atoms with Gasteiger partial charge in [0.05, 0.1) is 5.52 Å². The first-order valence-corrected chi connectivity index (χ1v) is 6.22. The summed E-state index contributed by atoms with van der Waals surface area (Å²) in [4.78, 5) is 0. The van der Waals surface area contributed by atoms with Crippen molar-refractivity contribution >= 4 is 16.6 Å². The Morgan fingerprint density at radius 2 is 1.72 bits per heavy atom. The van der Waals surface area contributed by atoms with Gasteiger partial charge in [0.25, 0.3) is 0 Å². The fraction of sp³-hybridized carbons (Fsp3) is 0.125. The maximum absolute atomic E-state index is 5.96. The average Bonchev–Trinajstić information content (AvgIpc) is 2.82. The largest absolute Gasteiger partial charge is 0.398 e. The number of anilines is 1. The number of hydrogen-bond acceptors (Lipinski definition) is 1. The molecule has 2 aromatic carbocycles. The smallest absolute Gasteiger partial charge is 0.0501 e. The molecule has 3 rings (SSSR count). The molecule has 3 aromatic rings. The Hall–Kier alpha value is -2.22. The van der Waals surface area contributed by atoms with Crippen LogP contribution in [0, 0.1) is 0 Å². The van der Waals surface area contributed by atoms with Gasteiger partial charge in [0.1, 0.15) is 0 Å². The number of aryl methyl sites for hydroxylation is 2. The molecule has 2 heteroatoms. The number of nitrogen functional groups attached to an aromatic ring is 1. The summed E-state index contributed by atoms with van der Waals surface area (Å²) in [5.41, 5.74) is 9.39. The third-order valence-electron chi connectivity index (χ3n) is 3.33. The number of nitrogens with zero attached hydrogens (tertiary/aromatic N) is 1. The molecule has 0 fully saturated rings. The molecule has 0 aliphatic rings. The number of fused-ring (bicyclic) bond motifs is 1. The van der Waals surface area contributed by atoms with E-state index in [1.165, 1.54) is 11.1 Å². The van der Waals surface area contributed by atoms with Crippen LogP contribution >= 0.6 is 0 Å². The Labute approximate surface area is 107 Å². The van der Waals surface area contributed by atoms with Crippen molar-refractivity contribution in [3.8, 4) is 0 Å². The molecule has 0 aliphatic carbocycles. The van der Waals surface area contributed by atoms with Gasteiger partial charge in [-0.15, -0.1) is 0 Å². The second kappa shape index (κ2) is 4.57. The summed E-state index contributed by atoms with van der Waals surface area (Å²) >= 11 is 0. The van der Waals surface area contributed by atoms with E-state index in [0.717, 1.165) is 24.0 Å². The summed E-state index contributed by atoms with van der Waals surface area (Å²) in [6, 6.07) is 18.7. The first-order valence-electron chi connectivity index (χ1n) is 6.22. The minimum Gasteiger partial charge on any atom is -0.398 e. The van der Waals surface area contributed by atoms with Gasteiger partial charge < -0.3 is 10.3 Å². The van der Waals surface area contributed by atoms with E-state index in [9.17, 15) is 0 Å². The maximum atomic E-state index is 5.96. The van der Waals surface area contributed by atoms with Crippen LogP contribution in [-0.4, -0.2) is 4.57 Å². The number of rotatable bonds is 3. The third kappa shape index (κ3) is 1.97. The standard InChI is InChI=1S/C16H16N2/c17-15-7-4-8-16-14(15)10-12-18(16)11-9-13-5-2-1-3-6-13/h1-8,10,12H,9,11,17H2. The molecule has 0 atom stereocenters. The van der Waals surface area contributed by atoms with Crippen LogP contribution < -0.4 is 5.73 Å². The van der Waals surface area contributed by atoms with E-state index in [4.69, 9.17) is 5.73 Å². The van der Waals surface area contributed by atoms with Crippen molar-refractivity contribution < 1.29 is 0 Å². The van der Waals surface area contributed by atoms with Crippen LogP contribution in [0.2, 0.25) is 0 Å². The van der Waals surface area contributed by atoms with Crippen LogP contribution in [0.1, 0.15) is 5.56 Å². The average molecular weight is 236 g/mol. The van der Waals surface area contributed by atoms with Gasteiger partial charge in [0.2, 0.25) is 0 Å². The van der Waals surface area contributed by atoms with E-state index in [0.29, 0.717) is 0 Å². The summed E-state index contributed by atoms with van der Waals surface area (Å²) in [6.07, 6.45) is 3.16. The molecule has 1 heterocycles. The molecule has 0 bridgehead atoms. The van der Waals surface area contributed by atoms with Crippen LogP contribution in [0.25, 0.3) is 10.9 Å². The molecule has 1 aromatic heterocycles. The van der Waals surface area contributed by atoms with Crippen LogP contribution in [-0.2, 0) is 13.0 Å². The first kappa shape index (κ1) is 10.9. The summed E-state index contributed by atoms with van der Waals surface area (Å²) in [5, 5.41) is 1.14. The zero-order valence-electron chi connectivity index (χ0n) is 10.2. The summed E-state index contributed by atoms with van der Waals surface area (Å²) in [5.74, 6) is 0. The monoisotopic (exact) mass is 236 g/mol. The highest BCUT2D eigenvalue weighted by atomic mass is 14.9. The van der Waals surface area contributed by atoms with E-state index in [-0.39, 0.29) is 0 Å². The highest BCUT2D eigenvalue weighted by Gasteiger charge is 2.03. The van der Waals surface area contributed by atoms with Gasteiger partial charge in [-0.2, -0.15) is 0 Å². The second-order valence-electron chi connectivity index (χ2n) is 4.52. The number of nitrogens with two attached hydrogens (primary N) is 1. The molecule has 0 spiro atoms. The van der Waals surface area contributed by atoms with Crippen molar-refractivity contribution in [1.82, 2.24) is 4.57 Å². The fourth-order valence-corrected chi connectivity index (χ4v) is 2.34. The van der Waals surface area contributed by atoms with Gasteiger partial charge in [0.15, 0.2) is 0 Å². The lowest BCUT2D eigenvalue weighted by molar-refractivity contribution is 0.723. The normalized spacial score (nSPS) is 10.9. The third-order valence-corrected chi connectivity index (χ3v) is 3.33. The molecule has 2 nitrogen and oxygen atoms in total. The predicted molar refractivity (Wildman–Crippen MR) is 76.5 cm³/mol. The summed E-state index contributed by atoms with van der Waals surface area (Å²) < 4.78 is 2.26. The molecule has 0 saturated heterocycles. The van der Waals surface area contributed by atoms with Gasteiger partial charge in [-0.25, -0.2) is 0 Å². The SMILES string of the molecule is Nc1cccc2c1ccn2CCc1ccccc1. The van der Waals surface area contributed by atoms with E-state index in [2.05, 4.69) is 53.2 Å². The fourth-order valence-electron chi connectivity index (χ4n) is 2.34. The van der Waals surface area contributed by atoms with Crippen LogP contribution in [0.5, 0.6) is 0 Å². The molecule has 0 unspecified atom stereocenters. The second-order valence-corrected chi connectivity index (χ2v) is 4.52. The molecule has 2 N–H and O–H groups in total. The lowest BCUT2D eigenvalue weighted by Crippen LogP contribution is -1.99. The highest BCUT2D eigenvalue weighted by molar-refractivity contribution is 5.91. The molecule has 18 heavy (non-hydrogen) atoms. The topological polar surface area (TPSA) is 30.9 Å². The van der Waals surface area contributed by atoms with E-state index in [1.807, 2.05) is 12.1 Å². The molecule has 90 valence electrons. The van der Waals surface area contributed by atoms with Crippen LogP contribution in [0.15, 0.2) is 60.8 Å². The van der Waals surface area contributed by atoms with Crippen molar-refractivity contribution in [2.45, 2.75) is 13.0 Å². The van der Waals surface area contributed by atoms with Crippen molar-refractivity contribution in [3.63, 3.8) is 0 Å². The summed E-state index contributed by atoms with van der Waals surface area (Å²) in [7, 11) is 0. The van der Waals surface area contributed by atoms with Crippen molar-refractivity contribution in [2.75, 3.05) is 5.73 Å². The molecule has 0 saturated carbocycles. The van der Waals surface area contributed by atoms with Gasteiger partial charge in [-0.1, -0.05) is 36.4 Å². The Morgan fingerprint density at radius 3 is 2.56 bits per heavy atom. The van der Waals surface area contributed by atoms with Gasteiger partial charge in [-0.05, 0) is 30.2 Å². The molecule has 0 amide bonds. The van der Waals surface area contributed by atoms with Gasteiger partial charge in [-0.3, -0.25) is 0 Å². The quantitative estimate of drug-likeness (QED) is 0.694. The number of aromatic nitrogens is 1. The Balaban J connectivity index is 1.85. The molecule has 0 aliphatic heterocycles.